The summed E-state index contributed by atoms with van der Waals surface area (Å²) in [6.45, 7) is 0.234. The number of nitrogens with two attached hydrogens (primary N) is 1. The zero-order chi connectivity index (χ0) is 10.4. The molecule has 1 nitrogen and oxygen atoms in total. The minimum Gasteiger partial charge on any atom is -0.326 e. The van der Waals surface area contributed by atoms with Gasteiger partial charge in [0.05, 0.1) is 0 Å². The third kappa shape index (κ3) is 3.13. The van der Waals surface area contributed by atoms with Gasteiger partial charge in [-0.2, -0.15) is 0 Å². The molecule has 0 radical (unpaired) electrons. The summed E-state index contributed by atoms with van der Waals surface area (Å²) in [6.07, 6.45) is 4.57. The maximum atomic E-state index is 13.2. The van der Waals surface area contributed by atoms with E-state index < -0.39 is 0 Å². The molecule has 14 heavy (non-hydrogen) atoms. The first kappa shape index (κ1) is 11.2. The molecule has 0 aromatic heterocycles. The summed E-state index contributed by atoms with van der Waals surface area (Å²) in [5.74, 6) is 0.334. The Morgan fingerprint density at radius 2 is 2.21 bits per heavy atom. The lowest BCUT2D eigenvalue weighted by Gasteiger charge is -2.00. The first-order valence-corrected chi connectivity index (χ1v) is 5.02. The first-order valence-electron chi connectivity index (χ1n) is 4.49. The molecular weight excluding hydrogens is 201 g/mol. The molecule has 0 saturated heterocycles. The Labute approximate surface area is 88.4 Å². The van der Waals surface area contributed by atoms with Crippen LogP contribution in [0.1, 0.15) is 17.5 Å². The molecule has 0 aliphatic rings. The van der Waals surface area contributed by atoms with E-state index in [1.54, 1.807) is 6.07 Å². The van der Waals surface area contributed by atoms with Crippen LogP contribution in [-0.4, -0.2) is 5.88 Å². The zero-order valence-corrected chi connectivity index (χ0v) is 8.60. The maximum Gasteiger partial charge on any atom is 0.128 e. The van der Waals surface area contributed by atoms with Crippen LogP contribution in [0, 0.1) is 5.82 Å². The molecule has 0 saturated carbocycles. The summed E-state index contributed by atoms with van der Waals surface area (Å²) >= 11 is 5.50. The van der Waals surface area contributed by atoms with Crippen LogP contribution in [0.3, 0.4) is 0 Å². The smallest absolute Gasteiger partial charge is 0.128 e. The second-order valence-electron chi connectivity index (χ2n) is 2.93. The van der Waals surface area contributed by atoms with Crippen molar-refractivity contribution in [3.8, 4) is 0 Å². The molecule has 0 heterocycles. The lowest BCUT2D eigenvalue weighted by atomic mass is 10.1. The van der Waals surface area contributed by atoms with E-state index >= 15 is 0 Å². The second kappa shape index (κ2) is 5.78. The van der Waals surface area contributed by atoms with E-state index in [0.717, 1.165) is 12.0 Å². The lowest BCUT2D eigenvalue weighted by molar-refractivity contribution is 0.610. The van der Waals surface area contributed by atoms with E-state index in [-0.39, 0.29) is 12.4 Å². The van der Waals surface area contributed by atoms with Crippen LogP contribution in [-0.2, 0) is 6.54 Å². The molecule has 0 atom stereocenters. The van der Waals surface area contributed by atoms with Crippen molar-refractivity contribution in [1.29, 1.82) is 0 Å². The first-order chi connectivity index (χ1) is 6.77. The van der Waals surface area contributed by atoms with Gasteiger partial charge in [0.25, 0.3) is 0 Å². The van der Waals surface area contributed by atoms with Gasteiger partial charge >= 0.3 is 0 Å². The summed E-state index contributed by atoms with van der Waals surface area (Å²) in [5, 5.41) is 0. The number of halogens is 2. The summed E-state index contributed by atoms with van der Waals surface area (Å²) < 4.78 is 13.2. The summed E-state index contributed by atoms with van der Waals surface area (Å²) in [6, 6.07) is 5.03. The van der Waals surface area contributed by atoms with Crippen LogP contribution >= 0.6 is 11.6 Å². The van der Waals surface area contributed by atoms with Crippen molar-refractivity contribution in [3.63, 3.8) is 0 Å². The molecule has 0 amide bonds. The summed E-state index contributed by atoms with van der Waals surface area (Å²) in [4.78, 5) is 0. The highest BCUT2D eigenvalue weighted by Crippen LogP contribution is 2.11. The Morgan fingerprint density at radius 1 is 1.43 bits per heavy atom. The van der Waals surface area contributed by atoms with Gasteiger partial charge in [-0.3, -0.25) is 0 Å². The molecule has 2 N–H and O–H groups in total. The van der Waals surface area contributed by atoms with Crippen LogP contribution in [0.5, 0.6) is 0 Å². The molecule has 0 fully saturated rings. The number of hydrogen-bond acceptors (Lipinski definition) is 1. The van der Waals surface area contributed by atoms with Crippen LogP contribution in [0.25, 0.3) is 6.08 Å². The number of benzene rings is 1. The van der Waals surface area contributed by atoms with E-state index in [1.807, 2.05) is 18.2 Å². The fraction of sp³-hybridized carbons (Fsp3) is 0.273. The molecule has 0 aliphatic carbocycles. The van der Waals surface area contributed by atoms with Gasteiger partial charge < -0.3 is 5.73 Å². The quantitative estimate of drug-likeness (QED) is 0.765. The Morgan fingerprint density at radius 3 is 2.79 bits per heavy atom. The molecule has 1 aromatic carbocycles. The largest absolute Gasteiger partial charge is 0.326 e. The molecule has 76 valence electrons. The van der Waals surface area contributed by atoms with Crippen molar-refractivity contribution >= 4 is 17.7 Å². The van der Waals surface area contributed by atoms with Crippen molar-refractivity contribution in [2.75, 3.05) is 5.88 Å². The number of rotatable bonds is 4. The molecule has 1 aromatic rings. The molecule has 3 heteroatoms. The molecule has 0 aliphatic heterocycles. The Hall–Kier alpha value is -0.860. The van der Waals surface area contributed by atoms with Gasteiger partial charge in [0.1, 0.15) is 5.82 Å². The van der Waals surface area contributed by atoms with Crippen molar-refractivity contribution in [3.05, 3.63) is 41.2 Å². The highest BCUT2D eigenvalue weighted by atomic mass is 35.5. The van der Waals surface area contributed by atoms with Gasteiger partial charge in [-0.05, 0) is 18.1 Å². The highest BCUT2D eigenvalue weighted by Gasteiger charge is 1.99. The van der Waals surface area contributed by atoms with E-state index in [9.17, 15) is 4.39 Å². The fourth-order valence-corrected chi connectivity index (χ4v) is 1.24. The summed E-state index contributed by atoms with van der Waals surface area (Å²) in [5.41, 5.74) is 6.73. The van der Waals surface area contributed by atoms with Gasteiger partial charge in [0.2, 0.25) is 0 Å². The van der Waals surface area contributed by atoms with Crippen molar-refractivity contribution < 1.29 is 4.39 Å². The standard InChI is InChI=1S/C11H13ClFN/c12-6-2-1-3-9-4-5-10(8-14)11(13)7-9/h1,3-5,7H,2,6,8,14H2. The van der Waals surface area contributed by atoms with Crippen LogP contribution < -0.4 is 5.73 Å². The Balaban J connectivity index is 2.76. The SMILES string of the molecule is NCc1ccc(C=CCCCl)cc1F. The Kier molecular flexibility index (Phi) is 4.63. The third-order valence-corrected chi connectivity index (χ3v) is 2.10. The normalized spacial score (nSPS) is 11.1. The molecule has 0 spiro atoms. The summed E-state index contributed by atoms with van der Waals surface area (Å²) in [7, 11) is 0. The fourth-order valence-electron chi connectivity index (χ4n) is 1.12. The highest BCUT2D eigenvalue weighted by molar-refractivity contribution is 6.17. The Bertz CT molecular complexity index is 323. The number of allylic oxidation sites excluding steroid dienone is 1. The van der Waals surface area contributed by atoms with Crippen molar-refractivity contribution in [1.82, 2.24) is 0 Å². The predicted molar refractivity (Wildman–Crippen MR) is 58.7 cm³/mol. The topological polar surface area (TPSA) is 26.0 Å². The van der Waals surface area contributed by atoms with Gasteiger partial charge in [-0.15, -0.1) is 11.6 Å². The van der Waals surface area contributed by atoms with Crippen LogP contribution in [0.4, 0.5) is 4.39 Å². The van der Waals surface area contributed by atoms with E-state index in [2.05, 4.69) is 0 Å². The van der Waals surface area contributed by atoms with Crippen molar-refractivity contribution in [2.24, 2.45) is 5.73 Å². The average molecular weight is 214 g/mol. The minimum atomic E-state index is -0.250. The van der Waals surface area contributed by atoms with Crippen LogP contribution in [0.2, 0.25) is 0 Å². The van der Waals surface area contributed by atoms with Gasteiger partial charge in [-0.25, -0.2) is 4.39 Å². The second-order valence-corrected chi connectivity index (χ2v) is 3.31. The van der Waals surface area contributed by atoms with Gasteiger partial charge in [-0.1, -0.05) is 24.3 Å². The van der Waals surface area contributed by atoms with E-state index in [0.29, 0.717) is 11.4 Å². The third-order valence-electron chi connectivity index (χ3n) is 1.88. The monoisotopic (exact) mass is 213 g/mol. The molecule has 1 rings (SSSR count). The lowest BCUT2D eigenvalue weighted by Crippen LogP contribution is -1.99. The van der Waals surface area contributed by atoms with E-state index in [1.165, 1.54) is 6.07 Å². The molecule has 0 bridgehead atoms. The molecular formula is C11H13ClFN. The van der Waals surface area contributed by atoms with Gasteiger partial charge in [0, 0.05) is 18.0 Å². The zero-order valence-electron chi connectivity index (χ0n) is 7.84. The van der Waals surface area contributed by atoms with Gasteiger partial charge in [0.15, 0.2) is 0 Å². The molecule has 0 unspecified atom stereocenters. The predicted octanol–water partition coefficient (Wildman–Crippen LogP) is 2.93. The van der Waals surface area contributed by atoms with Crippen LogP contribution in [0.15, 0.2) is 24.3 Å². The van der Waals surface area contributed by atoms with E-state index in [4.69, 9.17) is 17.3 Å². The maximum absolute atomic E-state index is 13.2. The minimum absolute atomic E-state index is 0.234. The van der Waals surface area contributed by atoms with Crippen molar-refractivity contribution in [2.45, 2.75) is 13.0 Å². The average Bonchev–Trinajstić information content (AvgIpc) is 2.18. The number of alkyl halides is 1. The number of hydrogen-bond donors (Lipinski definition) is 1.